The fraction of sp³-hybridized carbons (Fsp3) is 1.00. The van der Waals surface area contributed by atoms with Crippen LogP contribution in [0.15, 0.2) is 0 Å². The second kappa shape index (κ2) is 4.86. The van der Waals surface area contributed by atoms with Gasteiger partial charge in [-0.25, -0.2) is 17.6 Å². The molecule has 0 aromatic carbocycles. The monoisotopic (exact) mass is 330 g/mol. The fourth-order valence-corrected chi connectivity index (χ4v) is 1.33. The van der Waals surface area contributed by atoms with Gasteiger partial charge in [0.25, 0.3) is 12.1 Å². The van der Waals surface area contributed by atoms with Gasteiger partial charge in [0.2, 0.25) is 0 Å². The van der Waals surface area contributed by atoms with Gasteiger partial charge in [0.1, 0.15) is 0 Å². The molecule has 2 atom stereocenters. The van der Waals surface area contributed by atoms with E-state index in [2.05, 4.69) is 0 Å². The average Bonchev–Trinajstić information content (AvgIpc) is 2.22. The van der Waals surface area contributed by atoms with Crippen molar-refractivity contribution in [2.45, 2.75) is 49.4 Å². The number of hydrogen-bond donors (Lipinski definition) is 0. The maximum atomic E-state index is 13.2. The highest BCUT2D eigenvalue weighted by Gasteiger charge is 2.87. The normalized spacial score (nSPS) is 20.7. The van der Waals surface area contributed by atoms with Crippen molar-refractivity contribution < 1.29 is 52.7 Å². The highest BCUT2D eigenvalue weighted by Crippen LogP contribution is 2.59. The Hall–Kier alpha value is -0.840. The minimum absolute atomic E-state index is 0.0175. The zero-order valence-corrected chi connectivity index (χ0v) is 9.32. The van der Waals surface area contributed by atoms with E-state index in [1.54, 1.807) is 0 Å². The lowest BCUT2D eigenvalue weighted by atomic mass is 9.82. The molecule has 12 heteroatoms. The molecule has 0 fully saturated rings. The molecule has 0 aromatic rings. The average molecular weight is 330 g/mol. The summed E-state index contributed by atoms with van der Waals surface area (Å²) in [5, 5.41) is 0. The van der Waals surface area contributed by atoms with Crippen LogP contribution in [0.25, 0.3) is 0 Å². The Kier molecular flexibility index (Phi) is 4.66. The number of alkyl halides is 12. The molecule has 0 spiro atoms. The zero-order chi connectivity index (χ0) is 16.8. The molecule has 0 rings (SSSR count). The number of halogens is 12. The highest BCUT2D eigenvalue weighted by atomic mass is 19.4. The molecule has 0 N–H and O–H groups in total. The van der Waals surface area contributed by atoms with Crippen LogP contribution in [0, 0.1) is 0 Å². The van der Waals surface area contributed by atoms with Gasteiger partial charge in [-0.05, 0) is 6.42 Å². The largest absolute Gasteiger partial charge is 0.434 e. The van der Waals surface area contributed by atoms with E-state index in [0.717, 1.165) is 0 Å². The summed E-state index contributed by atoms with van der Waals surface area (Å²) in [7, 11) is 0. The predicted molar refractivity (Wildman–Crippen MR) is 41.0 cm³/mol. The Morgan fingerprint density at radius 2 is 1.05 bits per heavy atom. The molecule has 20 heavy (non-hydrogen) atoms. The van der Waals surface area contributed by atoms with Gasteiger partial charge in [0, 0.05) is 0 Å². The highest BCUT2D eigenvalue weighted by molar-refractivity contribution is 5.14. The lowest BCUT2D eigenvalue weighted by molar-refractivity contribution is -0.397. The second-order valence-corrected chi connectivity index (χ2v) is 3.74. The van der Waals surface area contributed by atoms with Crippen molar-refractivity contribution >= 4 is 0 Å². The molecule has 0 saturated carbocycles. The van der Waals surface area contributed by atoms with Crippen LogP contribution in [0.3, 0.4) is 0 Å². The van der Waals surface area contributed by atoms with Crippen LogP contribution in [-0.4, -0.2) is 36.0 Å². The standard InChI is InChI=1S/C8H6F12/c1-2-4(11,7(15,16)17)6(13,14)5(12,3(9)10)8(18,19)20/h3H,2H2,1H3. The molecular weight excluding hydrogens is 324 g/mol. The Bertz CT molecular complexity index is 340. The topological polar surface area (TPSA) is 0 Å². The lowest BCUT2D eigenvalue weighted by Crippen LogP contribution is -2.71. The minimum Gasteiger partial charge on any atom is -0.227 e. The first-order valence-electron chi connectivity index (χ1n) is 4.68. The molecule has 0 saturated heterocycles. The molecule has 0 aromatic heterocycles. The van der Waals surface area contributed by atoms with Crippen molar-refractivity contribution in [3.8, 4) is 0 Å². The molecule has 0 heterocycles. The summed E-state index contributed by atoms with van der Waals surface area (Å²) in [4.78, 5) is 0. The van der Waals surface area contributed by atoms with Gasteiger partial charge in [-0.3, -0.25) is 0 Å². The smallest absolute Gasteiger partial charge is 0.227 e. The lowest BCUT2D eigenvalue weighted by Gasteiger charge is -2.42. The fourth-order valence-electron chi connectivity index (χ4n) is 1.33. The summed E-state index contributed by atoms with van der Waals surface area (Å²) in [5.74, 6) is -7.08. The van der Waals surface area contributed by atoms with Crippen molar-refractivity contribution in [1.29, 1.82) is 0 Å². The summed E-state index contributed by atoms with van der Waals surface area (Å²) in [6.45, 7) is 0.0175. The first-order chi connectivity index (χ1) is 8.50. The summed E-state index contributed by atoms with van der Waals surface area (Å²) in [6, 6.07) is 0. The van der Waals surface area contributed by atoms with Crippen LogP contribution < -0.4 is 0 Å². The van der Waals surface area contributed by atoms with Crippen molar-refractivity contribution in [1.82, 2.24) is 0 Å². The Morgan fingerprint density at radius 3 is 1.20 bits per heavy atom. The van der Waals surface area contributed by atoms with Crippen LogP contribution in [0.2, 0.25) is 0 Å². The van der Waals surface area contributed by atoms with E-state index in [1.807, 2.05) is 0 Å². The van der Waals surface area contributed by atoms with E-state index in [1.165, 1.54) is 0 Å². The van der Waals surface area contributed by atoms with E-state index in [4.69, 9.17) is 0 Å². The Balaban J connectivity index is 6.30. The predicted octanol–water partition coefficient (Wildman–Crippen LogP) is 4.84. The van der Waals surface area contributed by atoms with E-state index >= 15 is 0 Å². The van der Waals surface area contributed by atoms with Gasteiger partial charge in [-0.15, -0.1) is 0 Å². The van der Waals surface area contributed by atoms with Crippen LogP contribution in [0.4, 0.5) is 52.7 Å². The third-order valence-electron chi connectivity index (χ3n) is 2.60. The van der Waals surface area contributed by atoms with Crippen LogP contribution in [0.1, 0.15) is 13.3 Å². The zero-order valence-electron chi connectivity index (χ0n) is 9.32. The molecule has 122 valence electrons. The third kappa shape index (κ3) is 2.30. The SMILES string of the molecule is CCC(F)(C(F)(F)F)C(F)(F)C(F)(C(F)F)C(F)(F)F. The molecule has 0 radical (unpaired) electrons. The summed E-state index contributed by atoms with van der Waals surface area (Å²) in [5.41, 5.74) is -13.1. The Labute approximate surface area is 103 Å². The molecular formula is C8H6F12. The summed E-state index contributed by atoms with van der Waals surface area (Å²) >= 11 is 0. The van der Waals surface area contributed by atoms with Gasteiger partial charge >= 0.3 is 23.9 Å². The van der Waals surface area contributed by atoms with Gasteiger partial charge in [0.15, 0.2) is 0 Å². The van der Waals surface area contributed by atoms with Gasteiger partial charge in [-0.1, -0.05) is 6.92 Å². The van der Waals surface area contributed by atoms with Crippen molar-refractivity contribution in [3.63, 3.8) is 0 Å². The van der Waals surface area contributed by atoms with Gasteiger partial charge in [-0.2, -0.15) is 35.1 Å². The molecule has 0 aliphatic carbocycles. The van der Waals surface area contributed by atoms with Crippen molar-refractivity contribution in [2.75, 3.05) is 0 Å². The summed E-state index contributed by atoms with van der Waals surface area (Å²) in [6.07, 6.45) is -21.8. The quantitative estimate of drug-likeness (QED) is 0.647. The van der Waals surface area contributed by atoms with Crippen molar-refractivity contribution in [3.05, 3.63) is 0 Å². The van der Waals surface area contributed by atoms with Gasteiger partial charge in [0.05, 0.1) is 0 Å². The molecule has 0 bridgehead atoms. The molecule has 0 amide bonds. The molecule has 0 aliphatic rings. The molecule has 2 unspecified atom stereocenters. The van der Waals surface area contributed by atoms with Crippen LogP contribution >= 0.6 is 0 Å². The Morgan fingerprint density at radius 1 is 0.700 bits per heavy atom. The third-order valence-corrected chi connectivity index (χ3v) is 2.60. The molecule has 0 nitrogen and oxygen atoms in total. The minimum atomic E-state index is -7.12. The first-order valence-corrected chi connectivity index (χ1v) is 4.68. The maximum Gasteiger partial charge on any atom is 0.434 e. The van der Waals surface area contributed by atoms with E-state index in [0.29, 0.717) is 0 Å². The first kappa shape index (κ1) is 19.2. The number of hydrogen-bond acceptors (Lipinski definition) is 0. The molecule has 0 aliphatic heterocycles. The number of rotatable bonds is 4. The van der Waals surface area contributed by atoms with Crippen LogP contribution in [0.5, 0.6) is 0 Å². The van der Waals surface area contributed by atoms with Crippen molar-refractivity contribution in [2.24, 2.45) is 0 Å². The second-order valence-electron chi connectivity index (χ2n) is 3.74. The summed E-state index contributed by atoms with van der Waals surface area (Å²) < 4.78 is 149. The van der Waals surface area contributed by atoms with E-state index in [-0.39, 0.29) is 6.92 Å². The van der Waals surface area contributed by atoms with E-state index < -0.39 is 42.5 Å². The van der Waals surface area contributed by atoms with Crippen LogP contribution in [-0.2, 0) is 0 Å². The van der Waals surface area contributed by atoms with Gasteiger partial charge < -0.3 is 0 Å². The van der Waals surface area contributed by atoms with E-state index in [9.17, 15) is 52.7 Å². The maximum absolute atomic E-state index is 13.2.